The molecule has 0 aliphatic carbocycles. The first kappa shape index (κ1) is 15.4. The molecule has 5 aromatic rings. The van der Waals surface area contributed by atoms with Gasteiger partial charge in [0.2, 0.25) is 0 Å². The summed E-state index contributed by atoms with van der Waals surface area (Å²) in [5.74, 6) is 1.21. The van der Waals surface area contributed by atoms with Crippen molar-refractivity contribution in [3.05, 3.63) is 66.6 Å². The minimum atomic E-state index is 0.368. The Kier molecular flexibility index (Phi) is 3.36. The van der Waals surface area contributed by atoms with Gasteiger partial charge >= 0.3 is 0 Å². The van der Waals surface area contributed by atoms with Gasteiger partial charge in [-0.05, 0) is 30.7 Å². The van der Waals surface area contributed by atoms with Crippen molar-refractivity contribution in [3.8, 4) is 5.69 Å². The highest BCUT2D eigenvalue weighted by molar-refractivity contribution is 5.81. The number of fused-ring (bicyclic) bond motifs is 2. The maximum Gasteiger partial charge on any atom is 0.165 e. The molecule has 4 aromatic heterocycles. The van der Waals surface area contributed by atoms with Crippen LogP contribution in [0.4, 0.5) is 5.82 Å². The van der Waals surface area contributed by atoms with Gasteiger partial charge in [-0.1, -0.05) is 18.2 Å². The van der Waals surface area contributed by atoms with E-state index in [-0.39, 0.29) is 0 Å². The summed E-state index contributed by atoms with van der Waals surface area (Å²) >= 11 is 0. The Bertz CT molecular complexity index is 1280. The summed E-state index contributed by atoms with van der Waals surface area (Å²) in [6, 6.07) is 12.0. The van der Waals surface area contributed by atoms with Gasteiger partial charge in [0.05, 0.1) is 18.6 Å². The highest BCUT2D eigenvalue weighted by Crippen LogP contribution is 2.24. The minimum Gasteiger partial charge on any atom is -0.382 e. The number of hydrogen-bond acceptors (Lipinski definition) is 6. The van der Waals surface area contributed by atoms with Gasteiger partial charge in [0.1, 0.15) is 23.2 Å². The normalized spacial score (nSPS) is 11.4. The van der Waals surface area contributed by atoms with E-state index in [4.69, 9.17) is 10.7 Å². The van der Waals surface area contributed by atoms with Gasteiger partial charge < -0.3 is 10.3 Å². The molecule has 4 heterocycles. The van der Waals surface area contributed by atoms with Gasteiger partial charge in [-0.25, -0.2) is 24.9 Å². The Morgan fingerprint density at radius 3 is 2.74 bits per heavy atom. The average Bonchev–Trinajstić information content (AvgIpc) is 3.25. The zero-order valence-corrected chi connectivity index (χ0v) is 14.6. The number of pyridine rings is 1. The number of anilines is 1. The van der Waals surface area contributed by atoms with Crippen LogP contribution in [0.25, 0.3) is 28.0 Å². The van der Waals surface area contributed by atoms with E-state index >= 15 is 0 Å². The average molecular weight is 356 g/mol. The van der Waals surface area contributed by atoms with Gasteiger partial charge in [-0.3, -0.25) is 4.57 Å². The number of rotatable bonds is 3. The first-order chi connectivity index (χ1) is 13.2. The molecule has 132 valence electrons. The molecule has 0 bridgehead atoms. The fourth-order valence-electron chi connectivity index (χ4n) is 3.30. The second kappa shape index (κ2) is 5.87. The van der Waals surface area contributed by atoms with Crippen LogP contribution >= 0.6 is 0 Å². The van der Waals surface area contributed by atoms with Crippen LogP contribution in [-0.4, -0.2) is 34.1 Å². The van der Waals surface area contributed by atoms with Crippen LogP contribution in [0.1, 0.15) is 11.4 Å². The molecular formula is C19H16N8. The summed E-state index contributed by atoms with van der Waals surface area (Å²) in [5, 5.41) is 0. The van der Waals surface area contributed by atoms with Crippen LogP contribution in [0, 0.1) is 6.92 Å². The first-order valence-corrected chi connectivity index (χ1v) is 8.52. The number of aryl methyl sites for hydroxylation is 1. The van der Waals surface area contributed by atoms with Crippen LogP contribution < -0.4 is 5.73 Å². The van der Waals surface area contributed by atoms with Crippen LogP contribution in [0.15, 0.2) is 55.2 Å². The molecule has 2 N–H and O–H groups in total. The van der Waals surface area contributed by atoms with Gasteiger partial charge in [0.25, 0.3) is 0 Å². The molecule has 8 nitrogen and oxygen atoms in total. The maximum atomic E-state index is 5.91. The highest BCUT2D eigenvalue weighted by Gasteiger charge is 2.17. The first-order valence-electron chi connectivity index (χ1n) is 8.52. The molecule has 0 unspecified atom stereocenters. The summed E-state index contributed by atoms with van der Waals surface area (Å²) in [7, 11) is 0. The molecule has 8 heteroatoms. The van der Waals surface area contributed by atoms with Crippen LogP contribution in [0.2, 0.25) is 0 Å². The number of nitrogens with zero attached hydrogens (tertiary/aromatic N) is 7. The van der Waals surface area contributed by atoms with Crippen LogP contribution in [-0.2, 0) is 6.54 Å². The van der Waals surface area contributed by atoms with E-state index in [1.807, 2.05) is 28.8 Å². The molecule has 0 spiro atoms. The molecule has 0 fully saturated rings. The van der Waals surface area contributed by atoms with Gasteiger partial charge in [0.15, 0.2) is 17.1 Å². The second-order valence-electron chi connectivity index (χ2n) is 6.30. The Balaban J connectivity index is 1.72. The number of nitrogen functional groups attached to an aromatic ring is 1. The van der Waals surface area contributed by atoms with Crippen molar-refractivity contribution in [3.63, 3.8) is 0 Å². The molecular weight excluding hydrogens is 340 g/mol. The number of hydrogen-bond donors (Lipinski definition) is 1. The Morgan fingerprint density at radius 1 is 0.963 bits per heavy atom. The third-order valence-electron chi connectivity index (χ3n) is 4.58. The quantitative estimate of drug-likeness (QED) is 0.533. The zero-order chi connectivity index (χ0) is 18.4. The Labute approximate surface area is 154 Å². The molecule has 0 aliphatic heterocycles. The van der Waals surface area contributed by atoms with Gasteiger partial charge in [-0.15, -0.1) is 0 Å². The lowest BCUT2D eigenvalue weighted by molar-refractivity contribution is 0.743. The number of nitrogens with two attached hydrogens (primary N) is 1. The van der Waals surface area contributed by atoms with E-state index in [2.05, 4.69) is 43.6 Å². The highest BCUT2D eigenvalue weighted by atomic mass is 15.2. The molecule has 0 saturated carbocycles. The van der Waals surface area contributed by atoms with Crippen molar-refractivity contribution < 1.29 is 0 Å². The number of benzene rings is 1. The molecule has 5 rings (SSSR count). The third-order valence-corrected chi connectivity index (χ3v) is 4.58. The third kappa shape index (κ3) is 2.42. The maximum absolute atomic E-state index is 5.91. The van der Waals surface area contributed by atoms with Crippen LogP contribution in [0.5, 0.6) is 0 Å². The van der Waals surface area contributed by atoms with Crippen molar-refractivity contribution >= 4 is 28.1 Å². The number of aromatic nitrogens is 7. The van der Waals surface area contributed by atoms with Gasteiger partial charge in [-0.2, -0.15) is 0 Å². The summed E-state index contributed by atoms with van der Waals surface area (Å²) in [6.45, 7) is 2.56. The van der Waals surface area contributed by atoms with E-state index in [1.54, 1.807) is 12.5 Å². The fourth-order valence-corrected chi connectivity index (χ4v) is 3.30. The minimum absolute atomic E-state index is 0.368. The van der Waals surface area contributed by atoms with Crippen LogP contribution in [0.3, 0.4) is 0 Å². The molecule has 27 heavy (non-hydrogen) atoms. The Hall–Kier alpha value is -3.81. The van der Waals surface area contributed by atoms with Crippen molar-refractivity contribution in [1.29, 1.82) is 0 Å². The van der Waals surface area contributed by atoms with E-state index in [0.717, 1.165) is 28.2 Å². The molecule has 0 radical (unpaired) electrons. The van der Waals surface area contributed by atoms with E-state index < -0.39 is 0 Å². The molecule has 0 aliphatic rings. The van der Waals surface area contributed by atoms with E-state index in [9.17, 15) is 0 Å². The monoisotopic (exact) mass is 356 g/mol. The molecule has 0 amide bonds. The lowest BCUT2D eigenvalue weighted by atomic mass is 10.2. The standard InChI is InChI=1S/C19H16N8/c1-12-5-2-3-7-14(12)27-15(25-13-6-4-8-21-18(13)27)9-26-11-24-16-17(20)22-10-23-19(16)26/h2-8,10-11H,9H2,1H3,(H2,20,22,23). The summed E-state index contributed by atoms with van der Waals surface area (Å²) in [4.78, 5) is 22.0. The SMILES string of the molecule is Cc1ccccc1-n1c(Cn2cnc3c(N)ncnc32)nc2cccnc21. The second-order valence-corrected chi connectivity index (χ2v) is 6.30. The predicted molar refractivity (Wildman–Crippen MR) is 102 cm³/mol. The summed E-state index contributed by atoms with van der Waals surface area (Å²) in [6.07, 6.45) is 4.94. The number of imidazole rings is 2. The predicted octanol–water partition coefficient (Wildman–Crippen LogP) is 2.50. The fraction of sp³-hybridized carbons (Fsp3) is 0.105. The molecule has 0 saturated heterocycles. The number of para-hydroxylation sites is 1. The topological polar surface area (TPSA) is 100 Å². The van der Waals surface area contributed by atoms with Crippen molar-refractivity contribution in [1.82, 2.24) is 34.1 Å². The van der Waals surface area contributed by atoms with E-state index in [0.29, 0.717) is 23.5 Å². The van der Waals surface area contributed by atoms with Gasteiger partial charge in [0, 0.05) is 6.20 Å². The zero-order valence-electron chi connectivity index (χ0n) is 14.6. The summed E-state index contributed by atoms with van der Waals surface area (Å²) < 4.78 is 4.00. The Morgan fingerprint density at radius 2 is 1.85 bits per heavy atom. The lowest BCUT2D eigenvalue weighted by Gasteiger charge is -2.12. The van der Waals surface area contributed by atoms with Crippen molar-refractivity contribution in [2.24, 2.45) is 0 Å². The van der Waals surface area contributed by atoms with Crippen molar-refractivity contribution in [2.45, 2.75) is 13.5 Å². The largest absolute Gasteiger partial charge is 0.382 e. The lowest BCUT2D eigenvalue weighted by Crippen LogP contribution is -2.09. The van der Waals surface area contributed by atoms with Crippen molar-refractivity contribution in [2.75, 3.05) is 5.73 Å². The summed E-state index contributed by atoms with van der Waals surface area (Å²) in [5.41, 5.74) is 11.0. The van der Waals surface area contributed by atoms with E-state index in [1.165, 1.54) is 6.33 Å². The molecule has 1 aromatic carbocycles. The smallest absolute Gasteiger partial charge is 0.165 e. The molecule has 0 atom stereocenters.